The van der Waals surface area contributed by atoms with Gasteiger partial charge in [-0.25, -0.2) is 13.2 Å². The molecule has 2 aromatic rings. The van der Waals surface area contributed by atoms with Crippen molar-refractivity contribution in [3.05, 3.63) is 65.0 Å². The molecule has 0 spiro atoms. The number of benzene rings is 2. The summed E-state index contributed by atoms with van der Waals surface area (Å²) in [5, 5.41) is 0. The number of fused-ring (bicyclic) bond motifs is 1. The normalized spacial score (nSPS) is 13.8. The molecule has 1 aliphatic rings. The Morgan fingerprint density at radius 3 is 2.38 bits per heavy atom. The fourth-order valence-electron chi connectivity index (χ4n) is 2.25. The van der Waals surface area contributed by atoms with E-state index in [4.69, 9.17) is 0 Å². The molecule has 0 N–H and O–H groups in total. The van der Waals surface area contributed by atoms with Crippen LogP contribution in [0, 0.1) is 17.5 Å². The number of rotatable bonds is 2. The Morgan fingerprint density at radius 2 is 1.67 bits per heavy atom. The standard InChI is InChI=1S/C15H8F3NO2/c16-9-2-4-13-10(6-9)14(20)15(21)19(13)7-8-1-3-11(17)12(18)5-8/h1-6H,7H2. The topological polar surface area (TPSA) is 37.4 Å². The summed E-state index contributed by atoms with van der Waals surface area (Å²) in [4.78, 5) is 24.8. The maximum atomic E-state index is 13.2. The van der Waals surface area contributed by atoms with Gasteiger partial charge in [0, 0.05) is 0 Å². The summed E-state index contributed by atoms with van der Waals surface area (Å²) in [7, 11) is 0. The van der Waals surface area contributed by atoms with E-state index in [2.05, 4.69) is 0 Å². The highest BCUT2D eigenvalue weighted by Gasteiger charge is 2.36. The molecule has 106 valence electrons. The summed E-state index contributed by atoms with van der Waals surface area (Å²) in [6, 6.07) is 6.64. The quantitative estimate of drug-likeness (QED) is 0.798. The fraction of sp³-hybridized carbons (Fsp3) is 0.0667. The number of carbonyl (C=O) groups excluding carboxylic acids is 2. The molecule has 0 radical (unpaired) electrons. The van der Waals surface area contributed by atoms with E-state index >= 15 is 0 Å². The second-order valence-corrected chi connectivity index (χ2v) is 4.63. The van der Waals surface area contributed by atoms with Crippen molar-refractivity contribution in [2.75, 3.05) is 4.90 Å². The van der Waals surface area contributed by atoms with Crippen LogP contribution in [0.4, 0.5) is 18.9 Å². The van der Waals surface area contributed by atoms with Crippen LogP contribution in [-0.4, -0.2) is 11.7 Å². The molecule has 6 heteroatoms. The third kappa shape index (κ3) is 2.18. The van der Waals surface area contributed by atoms with E-state index in [1.165, 1.54) is 12.1 Å². The van der Waals surface area contributed by atoms with E-state index in [1.54, 1.807) is 0 Å². The molecule has 21 heavy (non-hydrogen) atoms. The predicted molar refractivity (Wildman–Crippen MR) is 68.3 cm³/mol. The van der Waals surface area contributed by atoms with Crippen LogP contribution in [-0.2, 0) is 11.3 Å². The van der Waals surface area contributed by atoms with E-state index in [0.717, 1.165) is 29.2 Å². The molecule has 0 saturated carbocycles. The molecular formula is C15H8F3NO2. The van der Waals surface area contributed by atoms with Crippen molar-refractivity contribution < 1.29 is 22.8 Å². The molecule has 3 nitrogen and oxygen atoms in total. The Hall–Kier alpha value is -2.63. The molecule has 3 rings (SSSR count). The molecular weight excluding hydrogens is 283 g/mol. The van der Waals surface area contributed by atoms with Gasteiger partial charge < -0.3 is 4.90 Å². The number of Topliss-reactive ketones (excluding diaryl/α,β-unsaturated/α-hetero) is 1. The van der Waals surface area contributed by atoms with E-state index in [9.17, 15) is 22.8 Å². The highest BCUT2D eigenvalue weighted by molar-refractivity contribution is 6.52. The van der Waals surface area contributed by atoms with Crippen LogP contribution in [0.1, 0.15) is 15.9 Å². The summed E-state index contributed by atoms with van der Waals surface area (Å²) in [5.41, 5.74) is 0.561. The van der Waals surface area contributed by atoms with Gasteiger partial charge in [0.25, 0.3) is 11.7 Å². The highest BCUT2D eigenvalue weighted by Crippen LogP contribution is 2.31. The molecule has 0 bridgehead atoms. The first-order valence-electron chi connectivity index (χ1n) is 6.07. The lowest BCUT2D eigenvalue weighted by Crippen LogP contribution is -2.29. The van der Waals surface area contributed by atoms with Gasteiger partial charge in [0.1, 0.15) is 5.82 Å². The number of hydrogen-bond donors (Lipinski definition) is 0. The maximum absolute atomic E-state index is 13.2. The van der Waals surface area contributed by atoms with Gasteiger partial charge in [-0.15, -0.1) is 0 Å². The third-order valence-corrected chi connectivity index (χ3v) is 3.26. The van der Waals surface area contributed by atoms with Crippen molar-refractivity contribution in [2.45, 2.75) is 6.54 Å². The number of halogens is 3. The Labute approximate surface area is 117 Å². The van der Waals surface area contributed by atoms with Crippen LogP contribution in [0.5, 0.6) is 0 Å². The number of ketones is 1. The van der Waals surface area contributed by atoms with Gasteiger partial charge in [0.05, 0.1) is 17.8 Å². The molecule has 0 atom stereocenters. The van der Waals surface area contributed by atoms with Crippen molar-refractivity contribution in [2.24, 2.45) is 0 Å². The summed E-state index contributed by atoms with van der Waals surface area (Å²) in [6.07, 6.45) is 0. The fourth-order valence-corrected chi connectivity index (χ4v) is 2.25. The van der Waals surface area contributed by atoms with Crippen LogP contribution in [0.15, 0.2) is 36.4 Å². The third-order valence-electron chi connectivity index (χ3n) is 3.26. The number of hydrogen-bond acceptors (Lipinski definition) is 2. The molecule has 0 aromatic heterocycles. The Morgan fingerprint density at radius 1 is 0.905 bits per heavy atom. The van der Waals surface area contributed by atoms with Gasteiger partial charge in [-0.2, -0.15) is 0 Å². The van der Waals surface area contributed by atoms with E-state index < -0.39 is 29.1 Å². The van der Waals surface area contributed by atoms with Crippen LogP contribution in [0.3, 0.4) is 0 Å². The largest absolute Gasteiger partial charge is 0.300 e. The summed E-state index contributed by atoms with van der Waals surface area (Å²) in [5.74, 6) is -4.29. The SMILES string of the molecule is O=C1C(=O)N(Cc2ccc(F)c(F)c2)c2ccc(F)cc21. The lowest BCUT2D eigenvalue weighted by molar-refractivity contribution is -0.114. The highest BCUT2D eigenvalue weighted by atomic mass is 19.2. The van der Waals surface area contributed by atoms with Crippen LogP contribution in [0.25, 0.3) is 0 Å². The lowest BCUT2D eigenvalue weighted by Gasteiger charge is -2.16. The monoisotopic (exact) mass is 291 g/mol. The zero-order chi connectivity index (χ0) is 15.1. The number of nitrogens with zero attached hydrogens (tertiary/aromatic N) is 1. The first-order chi connectivity index (χ1) is 9.97. The van der Waals surface area contributed by atoms with Crippen molar-refractivity contribution in [3.63, 3.8) is 0 Å². The van der Waals surface area contributed by atoms with Crippen LogP contribution >= 0.6 is 0 Å². The van der Waals surface area contributed by atoms with Gasteiger partial charge >= 0.3 is 0 Å². The lowest BCUT2D eigenvalue weighted by atomic mass is 10.1. The second kappa shape index (κ2) is 4.73. The van der Waals surface area contributed by atoms with Gasteiger partial charge in [-0.05, 0) is 35.9 Å². The zero-order valence-electron chi connectivity index (χ0n) is 10.6. The van der Waals surface area contributed by atoms with Gasteiger partial charge in [-0.1, -0.05) is 6.07 Å². The molecule has 1 aliphatic heterocycles. The number of carbonyl (C=O) groups is 2. The molecule has 2 aromatic carbocycles. The zero-order valence-corrected chi connectivity index (χ0v) is 10.6. The van der Waals surface area contributed by atoms with Crippen molar-refractivity contribution >= 4 is 17.4 Å². The van der Waals surface area contributed by atoms with Crippen molar-refractivity contribution in [1.29, 1.82) is 0 Å². The first kappa shape index (κ1) is 13.4. The predicted octanol–water partition coefficient (Wildman–Crippen LogP) is 2.83. The Balaban J connectivity index is 1.98. The summed E-state index contributed by atoms with van der Waals surface area (Å²) >= 11 is 0. The smallest absolute Gasteiger partial charge is 0.299 e. The Bertz CT molecular complexity index is 774. The Kier molecular flexibility index (Phi) is 3.01. The van der Waals surface area contributed by atoms with E-state index in [0.29, 0.717) is 5.56 Å². The van der Waals surface area contributed by atoms with Crippen molar-refractivity contribution in [1.82, 2.24) is 0 Å². The minimum Gasteiger partial charge on any atom is -0.300 e. The van der Waals surface area contributed by atoms with Gasteiger partial charge in [0.2, 0.25) is 0 Å². The van der Waals surface area contributed by atoms with Crippen LogP contribution in [0.2, 0.25) is 0 Å². The maximum Gasteiger partial charge on any atom is 0.299 e. The average molecular weight is 291 g/mol. The van der Waals surface area contributed by atoms with Crippen molar-refractivity contribution in [3.8, 4) is 0 Å². The molecule has 1 amide bonds. The minimum absolute atomic E-state index is 0.0254. The summed E-state index contributed by atoms with van der Waals surface area (Å²) in [6.45, 7) is -0.0968. The first-order valence-corrected chi connectivity index (χ1v) is 6.07. The molecule has 0 aliphatic carbocycles. The second-order valence-electron chi connectivity index (χ2n) is 4.63. The van der Waals surface area contributed by atoms with E-state index in [-0.39, 0.29) is 17.8 Å². The molecule has 0 unspecified atom stereocenters. The molecule has 1 heterocycles. The van der Waals surface area contributed by atoms with Gasteiger partial charge in [0.15, 0.2) is 11.6 Å². The minimum atomic E-state index is -1.04. The summed E-state index contributed by atoms with van der Waals surface area (Å²) < 4.78 is 39.2. The molecule has 0 fully saturated rings. The number of amides is 1. The van der Waals surface area contributed by atoms with Crippen LogP contribution < -0.4 is 4.90 Å². The average Bonchev–Trinajstić information content (AvgIpc) is 2.68. The molecule has 0 saturated heterocycles. The van der Waals surface area contributed by atoms with E-state index in [1.807, 2.05) is 0 Å². The van der Waals surface area contributed by atoms with Gasteiger partial charge in [-0.3, -0.25) is 9.59 Å². The number of anilines is 1.